The molecule has 290 valence electrons. The molecule has 14 heteroatoms. The number of imidazole rings is 1. The predicted octanol–water partition coefficient (Wildman–Crippen LogP) is 3.83. The number of rotatable bonds is 7. The molecule has 3 aliphatic carbocycles. The molecule has 3 amide bonds. The van der Waals surface area contributed by atoms with E-state index in [4.69, 9.17) is 10.5 Å². The molecule has 14 nitrogen and oxygen atoms in total. The fraction of sp³-hybridized carbons (Fsp3) is 0.769. The van der Waals surface area contributed by atoms with Gasteiger partial charge in [-0.05, 0) is 74.0 Å². The Balaban J connectivity index is 0.957. The molecule has 2 bridgehead atoms. The van der Waals surface area contributed by atoms with Crippen LogP contribution in [0.1, 0.15) is 98.8 Å². The van der Waals surface area contributed by atoms with Crippen molar-refractivity contribution in [3.05, 3.63) is 12.7 Å². The SMILES string of the molecule is CC[C@]1(C)CC(OC(=O)NC(=O)C2CCN(C(=O)CCn3cnc4c(N5CC[C@@H](N)C5)ncnc43)CC2)C2(C)C(C)CCC3(CCC(=O)C32)C(C)[C@@H]1O. The lowest BCUT2D eigenvalue weighted by atomic mass is 9.43. The van der Waals surface area contributed by atoms with Crippen LogP contribution in [-0.2, 0) is 25.7 Å². The first-order valence-corrected chi connectivity index (χ1v) is 19.9. The highest BCUT2D eigenvalue weighted by Crippen LogP contribution is 2.68. The van der Waals surface area contributed by atoms with Crippen molar-refractivity contribution in [3.63, 3.8) is 0 Å². The van der Waals surface area contributed by atoms with Crippen LogP contribution in [0.5, 0.6) is 0 Å². The number of fused-ring (bicyclic) bond motifs is 1. The highest BCUT2D eigenvalue weighted by atomic mass is 16.6. The van der Waals surface area contributed by atoms with E-state index in [1.165, 1.54) is 6.33 Å². The van der Waals surface area contributed by atoms with Crippen LogP contribution in [0.2, 0.25) is 0 Å². The molecule has 5 fully saturated rings. The van der Waals surface area contributed by atoms with Crippen molar-refractivity contribution in [2.75, 3.05) is 31.1 Å². The van der Waals surface area contributed by atoms with Gasteiger partial charge in [0.25, 0.3) is 0 Å². The predicted molar refractivity (Wildman–Crippen MR) is 197 cm³/mol. The van der Waals surface area contributed by atoms with Gasteiger partial charge in [-0.2, -0.15) is 0 Å². The van der Waals surface area contributed by atoms with Gasteiger partial charge in [0.15, 0.2) is 17.0 Å². The first kappa shape index (κ1) is 37.7. The summed E-state index contributed by atoms with van der Waals surface area (Å²) in [6.07, 6.45) is 7.25. The van der Waals surface area contributed by atoms with Crippen LogP contribution >= 0.6 is 0 Å². The lowest BCUT2D eigenvalue weighted by molar-refractivity contribution is -0.198. The van der Waals surface area contributed by atoms with Gasteiger partial charge in [0.2, 0.25) is 11.8 Å². The van der Waals surface area contributed by atoms with Crippen LogP contribution in [0.15, 0.2) is 12.7 Å². The monoisotopic (exact) mass is 734 g/mol. The maximum Gasteiger partial charge on any atom is 0.414 e. The molecule has 2 aliphatic heterocycles. The van der Waals surface area contributed by atoms with Crippen LogP contribution in [0.25, 0.3) is 11.2 Å². The summed E-state index contributed by atoms with van der Waals surface area (Å²) in [4.78, 5) is 71.3. The van der Waals surface area contributed by atoms with Crippen LogP contribution < -0.4 is 16.0 Å². The van der Waals surface area contributed by atoms with Crippen LogP contribution in [0.4, 0.5) is 10.6 Å². The van der Waals surface area contributed by atoms with Gasteiger partial charge in [0.05, 0.1) is 12.4 Å². The third-order valence-corrected chi connectivity index (χ3v) is 14.9. The molecule has 53 heavy (non-hydrogen) atoms. The van der Waals surface area contributed by atoms with Gasteiger partial charge >= 0.3 is 6.09 Å². The summed E-state index contributed by atoms with van der Waals surface area (Å²) in [5, 5.41) is 14.4. The lowest BCUT2D eigenvalue weighted by Crippen LogP contribution is -2.63. The van der Waals surface area contributed by atoms with Crippen molar-refractivity contribution in [1.29, 1.82) is 0 Å². The number of imide groups is 1. The number of amides is 3. The van der Waals surface area contributed by atoms with E-state index in [1.807, 2.05) is 4.57 Å². The normalized spacial score (nSPS) is 36.2. The van der Waals surface area contributed by atoms with E-state index in [9.17, 15) is 24.3 Å². The van der Waals surface area contributed by atoms with Crippen molar-refractivity contribution in [1.82, 2.24) is 29.7 Å². The summed E-state index contributed by atoms with van der Waals surface area (Å²) in [5.74, 6) is -0.148. The second-order valence-corrected chi connectivity index (χ2v) is 17.5. The Morgan fingerprint density at radius 3 is 2.51 bits per heavy atom. The number of carbonyl (C=O) groups excluding carboxylic acids is 4. The van der Waals surface area contributed by atoms with Crippen LogP contribution in [0, 0.1) is 39.9 Å². The first-order chi connectivity index (χ1) is 25.2. The van der Waals surface area contributed by atoms with Gasteiger partial charge in [-0.15, -0.1) is 0 Å². The van der Waals surface area contributed by atoms with Crippen LogP contribution in [-0.4, -0.2) is 97.6 Å². The Hall–Kier alpha value is -3.65. The Morgan fingerprint density at radius 1 is 1.06 bits per heavy atom. The number of carbonyl (C=O) groups is 4. The minimum absolute atomic E-state index is 0.0166. The van der Waals surface area contributed by atoms with E-state index in [0.717, 1.165) is 44.6 Å². The number of likely N-dealkylation sites (tertiary alicyclic amines) is 1. The molecule has 2 aromatic heterocycles. The van der Waals surface area contributed by atoms with Crippen molar-refractivity contribution < 1.29 is 29.0 Å². The number of nitrogens with one attached hydrogen (secondary N) is 1. The molecule has 0 aromatic carbocycles. The molecule has 3 saturated carbocycles. The van der Waals surface area contributed by atoms with Crippen molar-refractivity contribution in [2.45, 2.75) is 124 Å². The molecule has 9 atom stereocenters. The maximum absolute atomic E-state index is 13.7. The Bertz CT molecular complexity index is 1740. The summed E-state index contributed by atoms with van der Waals surface area (Å²) in [6, 6.07) is 0.108. The number of aryl methyl sites for hydroxylation is 1. The van der Waals surface area contributed by atoms with E-state index in [-0.39, 0.29) is 47.3 Å². The second-order valence-electron chi connectivity index (χ2n) is 17.5. The summed E-state index contributed by atoms with van der Waals surface area (Å²) in [5.41, 5.74) is 5.99. The maximum atomic E-state index is 13.7. The smallest absolute Gasteiger partial charge is 0.414 e. The van der Waals surface area contributed by atoms with E-state index in [2.05, 4.69) is 59.8 Å². The van der Waals surface area contributed by atoms with Crippen LogP contribution in [0.3, 0.4) is 0 Å². The van der Waals surface area contributed by atoms with Crippen molar-refractivity contribution >= 4 is 40.7 Å². The molecule has 2 aromatic rings. The van der Waals surface area contributed by atoms with E-state index < -0.39 is 41.0 Å². The van der Waals surface area contributed by atoms with Gasteiger partial charge in [-0.25, -0.2) is 19.7 Å². The number of nitrogens with two attached hydrogens (primary N) is 1. The third kappa shape index (κ3) is 6.40. The van der Waals surface area contributed by atoms with E-state index >= 15 is 0 Å². The zero-order valence-corrected chi connectivity index (χ0v) is 32.1. The molecule has 7 rings (SSSR count). The molecule has 5 aliphatic rings. The quantitative estimate of drug-likeness (QED) is 0.376. The van der Waals surface area contributed by atoms with Gasteiger partial charge < -0.3 is 29.9 Å². The number of piperidine rings is 1. The number of anilines is 1. The molecule has 0 spiro atoms. The molecule has 0 radical (unpaired) electrons. The molecule has 2 saturated heterocycles. The lowest BCUT2D eigenvalue weighted by Gasteiger charge is -2.62. The van der Waals surface area contributed by atoms with Crippen molar-refractivity contribution in [3.8, 4) is 0 Å². The van der Waals surface area contributed by atoms with Gasteiger partial charge in [-0.1, -0.05) is 34.6 Å². The Morgan fingerprint density at radius 2 is 1.81 bits per heavy atom. The Labute approximate surface area is 312 Å². The fourth-order valence-corrected chi connectivity index (χ4v) is 11.1. The minimum Gasteiger partial charge on any atom is -0.445 e. The van der Waals surface area contributed by atoms with Crippen molar-refractivity contribution in [2.24, 2.45) is 45.7 Å². The molecule has 4 heterocycles. The highest BCUT2D eigenvalue weighted by molar-refractivity contribution is 5.93. The zero-order valence-electron chi connectivity index (χ0n) is 32.1. The highest BCUT2D eigenvalue weighted by Gasteiger charge is 2.68. The zero-order chi connectivity index (χ0) is 37.9. The number of hydrogen-bond acceptors (Lipinski definition) is 11. The number of alkyl carbamates (subject to hydrolysis) is 1. The van der Waals surface area contributed by atoms with Gasteiger partial charge in [0.1, 0.15) is 18.2 Å². The number of Topliss-reactive ketones (excluding diaryl/α,β-unsaturated/α-hetero) is 1. The topological polar surface area (TPSA) is 186 Å². The molecule has 6 unspecified atom stereocenters. The fourth-order valence-electron chi connectivity index (χ4n) is 11.1. The summed E-state index contributed by atoms with van der Waals surface area (Å²) in [7, 11) is 0. The summed E-state index contributed by atoms with van der Waals surface area (Å²) in [6.45, 7) is 13.3. The third-order valence-electron chi connectivity index (χ3n) is 14.9. The Kier molecular flexibility index (Phi) is 10.1. The summed E-state index contributed by atoms with van der Waals surface area (Å²) < 4.78 is 8.13. The van der Waals surface area contributed by atoms with Gasteiger partial charge in [-0.3, -0.25) is 19.7 Å². The van der Waals surface area contributed by atoms with E-state index in [0.29, 0.717) is 62.9 Å². The molecular formula is C39H58N8O6. The number of ketones is 1. The number of hydrogen-bond donors (Lipinski definition) is 3. The average molecular weight is 735 g/mol. The second kappa shape index (κ2) is 14.2. The number of aliphatic hydroxyl groups is 1. The number of aliphatic hydroxyl groups excluding tert-OH is 1. The minimum atomic E-state index is -0.804. The largest absolute Gasteiger partial charge is 0.445 e. The molecular weight excluding hydrogens is 676 g/mol. The van der Waals surface area contributed by atoms with Gasteiger partial charge in [0, 0.05) is 68.9 Å². The number of aromatic nitrogens is 4. The summed E-state index contributed by atoms with van der Waals surface area (Å²) >= 11 is 0. The molecule has 4 N–H and O–H groups in total. The average Bonchev–Trinajstić information content (AvgIpc) is 3.88. The standard InChI is InChI=1S/C39H58N8O6/c1-6-37(4)19-28(38(5)23(2)7-13-39(24(3)32(37)50)14-8-27(48)31(38)39)53-36(52)44-35(51)25-9-15-45(16-10-25)29(49)12-18-47-22-43-30-33(41-21-42-34(30)47)46-17-11-26(40)20-46/h21-26,28,31-32,50H,6-20,40H2,1-5H3,(H,44,51,52)/t23?,24?,26-,28?,31?,32+,37-,38?,39?/m1/s1. The number of nitrogens with zero attached hydrogens (tertiary/aromatic N) is 6. The van der Waals surface area contributed by atoms with E-state index in [1.54, 1.807) is 11.2 Å². The first-order valence-electron chi connectivity index (χ1n) is 19.9. The number of ether oxygens (including phenoxy) is 1.